The summed E-state index contributed by atoms with van der Waals surface area (Å²) in [6.45, 7) is 1.08. The molecule has 4 fully saturated rings. The van der Waals surface area contributed by atoms with Gasteiger partial charge in [0.25, 0.3) is 5.56 Å². The third-order valence-electron chi connectivity index (χ3n) is 7.20. The number of nitrogens with zero attached hydrogens (tertiary/aromatic N) is 2. The highest BCUT2D eigenvalue weighted by Gasteiger charge is 2.53. The Labute approximate surface area is 174 Å². The van der Waals surface area contributed by atoms with E-state index in [-0.39, 0.29) is 16.1 Å². The molecule has 0 unspecified atom stereocenters. The van der Waals surface area contributed by atoms with Crippen LogP contribution in [-0.4, -0.2) is 23.0 Å². The average molecular weight is 414 g/mol. The Morgan fingerprint density at radius 1 is 1.03 bits per heavy atom. The maximum absolute atomic E-state index is 13.2. The number of nitrogens with one attached hydrogen (secondary N) is 1. The van der Waals surface area contributed by atoms with E-state index in [9.17, 15) is 4.79 Å². The van der Waals surface area contributed by atoms with Gasteiger partial charge in [0.05, 0.1) is 17.4 Å². The Morgan fingerprint density at radius 3 is 2.38 bits per heavy atom. The average Bonchev–Trinajstić information content (AvgIpc) is 2.70. The fourth-order valence-corrected chi connectivity index (χ4v) is 6.63. The van der Waals surface area contributed by atoms with E-state index in [1.165, 1.54) is 19.3 Å². The molecule has 0 radical (unpaired) electrons. The highest BCUT2D eigenvalue weighted by atomic mass is 35.5. The van der Waals surface area contributed by atoms with Crippen molar-refractivity contribution in [3.63, 3.8) is 0 Å². The van der Waals surface area contributed by atoms with Gasteiger partial charge in [0.2, 0.25) is 0 Å². The molecule has 1 N–H and O–H groups in total. The number of fused-ring (bicyclic) bond motifs is 1. The molecule has 0 atom stereocenters. The van der Waals surface area contributed by atoms with Crippen LogP contribution in [0.3, 0.4) is 0 Å². The maximum atomic E-state index is 13.2. The highest BCUT2D eigenvalue weighted by Crippen LogP contribution is 2.58. The monoisotopic (exact) mass is 413 g/mol. The van der Waals surface area contributed by atoms with Gasteiger partial charge in [-0.2, -0.15) is 5.10 Å². The van der Waals surface area contributed by atoms with E-state index in [0.29, 0.717) is 24.7 Å². The molecule has 29 heavy (non-hydrogen) atoms. The zero-order valence-corrected chi connectivity index (χ0v) is 17.0. The summed E-state index contributed by atoms with van der Waals surface area (Å²) in [5.41, 5.74) is 0.987. The lowest BCUT2D eigenvalue weighted by Gasteiger charge is -2.56. The van der Waals surface area contributed by atoms with Crippen LogP contribution in [0.2, 0.25) is 5.02 Å². The second-order valence-corrected chi connectivity index (χ2v) is 9.59. The summed E-state index contributed by atoms with van der Waals surface area (Å²) in [5, 5.41) is 8.03. The van der Waals surface area contributed by atoms with E-state index in [1.807, 2.05) is 18.2 Å². The van der Waals surface area contributed by atoms with Crippen molar-refractivity contribution in [3.05, 3.63) is 39.8 Å². The van der Waals surface area contributed by atoms with E-state index in [4.69, 9.17) is 21.1 Å². The number of hydrogen-bond donors (Lipinski definition) is 1. The Kier molecular flexibility index (Phi) is 3.89. The highest BCUT2D eigenvalue weighted by molar-refractivity contribution is 6.33. The first-order valence-corrected chi connectivity index (χ1v) is 10.9. The number of anilines is 2. The van der Waals surface area contributed by atoms with Crippen molar-refractivity contribution < 1.29 is 9.47 Å². The lowest BCUT2D eigenvalue weighted by atomic mass is 9.53. The number of ether oxygens (including phenoxy) is 2. The third-order valence-corrected chi connectivity index (χ3v) is 7.56. The minimum absolute atomic E-state index is 0.134. The summed E-state index contributed by atoms with van der Waals surface area (Å²) in [7, 11) is 0. The Morgan fingerprint density at radius 2 is 1.69 bits per heavy atom. The van der Waals surface area contributed by atoms with Crippen molar-refractivity contribution >= 4 is 23.0 Å². The molecule has 0 saturated heterocycles. The maximum Gasteiger partial charge on any atom is 0.288 e. The third kappa shape index (κ3) is 2.83. The van der Waals surface area contributed by atoms with Gasteiger partial charge in [-0.15, -0.1) is 0 Å². The first kappa shape index (κ1) is 17.6. The van der Waals surface area contributed by atoms with Crippen molar-refractivity contribution in [3.8, 4) is 11.5 Å². The van der Waals surface area contributed by atoms with Gasteiger partial charge in [-0.1, -0.05) is 11.6 Å². The summed E-state index contributed by atoms with van der Waals surface area (Å²) < 4.78 is 12.9. The zero-order chi connectivity index (χ0) is 19.6. The lowest BCUT2D eigenvalue weighted by molar-refractivity contribution is -0.0518. The van der Waals surface area contributed by atoms with Crippen LogP contribution in [0.25, 0.3) is 0 Å². The van der Waals surface area contributed by atoms with Gasteiger partial charge in [-0.25, -0.2) is 4.68 Å². The van der Waals surface area contributed by atoms with Gasteiger partial charge in [-0.05, 0) is 68.4 Å². The molecular formula is C22H24ClN3O3. The molecule has 1 aromatic heterocycles. The van der Waals surface area contributed by atoms with Crippen LogP contribution in [0.15, 0.2) is 29.2 Å². The molecule has 1 aromatic carbocycles. The Hall–Kier alpha value is -2.21. The largest absolute Gasteiger partial charge is 0.486 e. The molecule has 7 rings (SSSR count). The topological polar surface area (TPSA) is 65.4 Å². The molecule has 0 amide bonds. The summed E-state index contributed by atoms with van der Waals surface area (Å²) in [4.78, 5) is 13.2. The molecular weight excluding hydrogens is 390 g/mol. The van der Waals surface area contributed by atoms with Crippen LogP contribution in [0, 0.1) is 17.8 Å². The number of rotatable bonds is 3. The van der Waals surface area contributed by atoms with Gasteiger partial charge in [0.15, 0.2) is 11.5 Å². The van der Waals surface area contributed by atoms with E-state index in [0.717, 1.165) is 48.5 Å². The van der Waals surface area contributed by atoms with Crippen molar-refractivity contribution in [1.82, 2.24) is 9.78 Å². The number of aromatic nitrogens is 2. The minimum atomic E-state index is -0.184. The van der Waals surface area contributed by atoms with Crippen LogP contribution < -0.4 is 20.3 Å². The molecule has 2 aromatic rings. The fourth-order valence-electron chi connectivity index (χ4n) is 6.46. The van der Waals surface area contributed by atoms with Crippen LogP contribution in [0.4, 0.5) is 11.4 Å². The molecule has 1 aliphatic heterocycles. The van der Waals surface area contributed by atoms with Crippen molar-refractivity contribution in [2.45, 2.75) is 44.1 Å². The van der Waals surface area contributed by atoms with Crippen molar-refractivity contribution in [2.24, 2.45) is 17.8 Å². The molecule has 6 nitrogen and oxygen atoms in total. The van der Waals surface area contributed by atoms with Gasteiger partial charge < -0.3 is 14.8 Å². The summed E-state index contributed by atoms with van der Waals surface area (Å²) >= 11 is 6.54. The molecule has 4 aliphatic carbocycles. The molecule has 4 saturated carbocycles. The Balaban J connectivity index is 1.32. The molecule has 4 bridgehead atoms. The first-order chi connectivity index (χ1) is 14.1. The SMILES string of the molecule is O=c1c(Cl)c(Nc2ccc3c(c2)OCCO3)cnn1C12CC3CC(CC(C3)C1)C2. The molecule has 2 heterocycles. The van der Waals surface area contributed by atoms with Crippen molar-refractivity contribution in [2.75, 3.05) is 18.5 Å². The van der Waals surface area contributed by atoms with Crippen LogP contribution in [0.1, 0.15) is 38.5 Å². The minimum Gasteiger partial charge on any atom is -0.486 e. The summed E-state index contributed by atoms with van der Waals surface area (Å²) in [6.07, 6.45) is 8.87. The fraction of sp³-hybridized carbons (Fsp3) is 0.545. The Bertz CT molecular complexity index is 999. The first-order valence-electron chi connectivity index (χ1n) is 10.5. The van der Waals surface area contributed by atoms with E-state index in [1.54, 1.807) is 10.9 Å². The lowest BCUT2D eigenvalue weighted by Crippen LogP contribution is -2.55. The van der Waals surface area contributed by atoms with Gasteiger partial charge in [0, 0.05) is 11.8 Å². The number of hydrogen-bond acceptors (Lipinski definition) is 5. The molecule has 0 spiro atoms. The number of halogens is 1. The summed E-state index contributed by atoms with van der Waals surface area (Å²) in [6, 6.07) is 5.60. The van der Waals surface area contributed by atoms with E-state index < -0.39 is 0 Å². The number of benzene rings is 1. The zero-order valence-electron chi connectivity index (χ0n) is 16.2. The normalized spacial score (nSPS) is 31.7. The van der Waals surface area contributed by atoms with Crippen molar-refractivity contribution in [1.29, 1.82) is 0 Å². The van der Waals surface area contributed by atoms with Gasteiger partial charge in [-0.3, -0.25) is 4.79 Å². The predicted octanol–water partition coefficient (Wildman–Crippen LogP) is 4.34. The van der Waals surface area contributed by atoms with E-state index >= 15 is 0 Å². The van der Waals surface area contributed by atoms with E-state index in [2.05, 4.69) is 10.4 Å². The van der Waals surface area contributed by atoms with Crippen LogP contribution >= 0.6 is 11.6 Å². The smallest absolute Gasteiger partial charge is 0.288 e. The summed E-state index contributed by atoms with van der Waals surface area (Å²) in [5.74, 6) is 3.63. The van der Waals surface area contributed by atoms with Gasteiger partial charge in [0.1, 0.15) is 18.2 Å². The molecule has 7 heteroatoms. The second kappa shape index (κ2) is 6.39. The van der Waals surface area contributed by atoms with Crippen LogP contribution in [-0.2, 0) is 5.54 Å². The predicted molar refractivity (Wildman–Crippen MR) is 110 cm³/mol. The van der Waals surface area contributed by atoms with Crippen LogP contribution in [0.5, 0.6) is 11.5 Å². The molecule has 152 valence electrons. The second-order valence-electron chi connectivity index (χ2n) is 9.21. The standard InChI is InChI=1S/C22H24ClN3O3/c23-20-17(25-16-1-2-18-19(8-16)29-4-3-28-18)12-24-26(21(20)27)22-9-13-5-14(10-22)7-15(6-13)11-22/h1-2,8,12-15,25H,3-7,9-11H2. The van der Waals surface area contributed by atoms with Gasteiger partial charge >= 0.3 is 0 Å². The quantitative estimate of drug-likeness (QED) is 0.810. The molecule has 5 aliphatic rings.